The first kappa shape index (κ1) is 15.9. The lowest BCUT2D eigenvalue weighted by Gasteiger charge is -2.14. The molecule has 2 heterocycles. The van der Waals surface area contributed by atoms with Crippen molar-refractivity contribution in [3.8, 4) is 5.95 Å². The van der Waals surface area contributed by atoms with Crippen molar-refractivity contribution in [2.45, 2.75) is 13.0 Å². The molecule has 0 spiro atoms. The maximum atomic E-state index is 12.1. The molecule has 0 radical (unpaired) electrons. The summed E-state index contributed by atoms with van der Waals surface area (Å²) >= 11 is 5.82. The molecule has 1 aromatic carbocycles. The van der Waals surface area contributed by atoms with Crippen LogP contribution >= 0.6 is 11.6 Å². The van der Waals surface area contributed by atoms with Crippen LogP contribution in [0.15, 0.2) is 49.1 Å². The highest BCUT2D eigenvalue weighted by molar-refractivity contribution is 6.30. The third kappa shape index (κ3) is 3.66. The standard InChI is InChI=1S/C15H14ClN7O/c1-10(21-15(24)22-12-5-3-11(16)4-6-12)13-19-9-20-23(13)14-17-7-2-8-18-14/h2-10H,1H3,(H2,21,22,24). The predicted octanol–water partition coefficient (Wildman–Crippen LogP) is 2.59. The summed E-state index contributed by atoms with van der Waals surface area (Å²) in [5, 5.41) is 10.2. The molecule has 3 rings (SSSR count). The van der Waals surface area contributed by atoms with Crippen LogP contribution in [0.5, 0.6) is 0 Å². The van der Waals surface area contributed by atoms with E-state index in [9.17, 15) is 4.79 Å². The van der Waals surface area contributed by atoms with Crippen LogP contribution in [0.1, 0.15) is 18.8 Å². The summed E-state index contributed by atoms with van der Waals surface area (Å²) in [5.41, 5.74) is 0.636. The van der Waals surface area contributed by atoms with Crippen LogP contribution in [0, 0.1) is 0 Å². The quantitative estimate of drug-likeness (QED) is 0.758. The van der Waals surface area contributed by atoms with Gasteiger partial charge in [-0.25, -0.2) is 19.7 Å². The summed E-state index contributed by atoms with van der Waals surface area (Å²) < 4.78 is 1.48. The van der Waals surface area contributed by atoms with Crippen molar-refractivity contribution in [2.24, 2.45) is 0 Å². The molecule has 2 aromatic heterocycles. The number of amides is 2. The molecular weight excluding hydrogens is 330 g/mol. The van der Waals surface area contributed by atoms with Gasteiger partial charge in [0.05, 0.1) is 6.04 Å². The van der Waals surface area contributed by atoms with Gasteiger partial charge in [0.15, 0.2) is 5.82 Å². The Hall–Kier alpha value is -3.00. The van der Waals surface area contributed by atoms with E-state index in [1.165, 1.54) is 11.0 Å². The van der Waals surface area contributed by atoms with Gasteiger partial charge >= 0.3 is 6.03 Å². The van der Waals surface area contributed by atoms with E-state index in [0.717, 1.165) is 0 Å². The topological polar surface area (TPSA) is 97.6 Å². The predicted molar refractivity (Wildman–Crippen MR) is 89.0 cm³/mol. The molecule has 24 heavy (non-hydrogen) atoms. The van der Waals surface area contributed by atoms with Crippen LogP contribution in [-0.2, 0) is 0 Å². The van der Waals surface area contributed by atoms with Gasteiger partial charge in [-0.15, -0.1) is 0 Å². The highest BCUT2D eigenvalue weighted by atomic mass is 35.5. The Morgan fingerprint density at radius 1 is 1.17 bits per heavy atom. The first-order valence-electron chi connectivity index (χ1n) is 7.14. The fourth-order valence-electron chi connectivity index (χ4n) is 2.06. The average Bonchev–Trinajstić information content (AvgIpc) is 3.07. The molecular formula is C15H14ClN7O. The monoisotopic (exact) mass is 343 g/mol. The Kier molecular flexibility index (Phi) is 4.66. The zero-order valence-electron chi connectivity index (χ0n) is 12.7. The van der Waals surface area contributed by atoms with Crippen LogP contribution in [-0.4, -0.2) is 30.8 Å². The molecule has 8 nitrogen and oxygen atoms in total. The first-order valence-corrected chi connectivity index (χ1v) is 7.51. The molecule has 0 aliphatic carbocycles. The van der Waals surface area contributed by atoms with Crippen molar-refractivity contribution in [1.82, 2.24) is 30.0 Å². The minimum atomic E-state index is -0.399. The molecule has 9 heteroatoms. The number of urea groups is 1. The minimum Gasteiger partial charge on any atom is -0.328 e. The van der Waals surface area contributed by atoms with E-state index in [4.69, 9.17) is 11.6 Å². The largest absolute Gasteiger partial charge is 0.328 e. The van der Waals surface area contributed by atoms with Crippen molar-refractivity contribution in [2.75, 3.05) is 5.32 Å². The fraction of sp³-hybridized carbons (Fsp3) is 0.133. The van der Waals surface area contributed by atoms with Crippen molar-refractivity contribution in [3.63, 3.8) is 0 Å². The minimum absolute atomic E-state index is 0.367. The van der Waals surface area contributed by atoms with E-state index in [1.54, 1.807) is 49.6 Å². The zero-order valence-corrected chi connectivity index (χ0v) is 13.5. The van der Waals surface area contributed by atoms with E-state index in [1.807, 2.05) is 0 Å². The molecule has 2 N–H and O–H groups in total. The number of carbonyl (C=O) groups excluding carboxylic acids is 1. The molecule has 0 saturated heterocycles. The number of nitrogens with zero attached hydrogens (tertiary/aromatic N) is 5. The second kappa shape index (κ2) is 7.05. The molecule has 2 amide bonds. The van der Waals surface area contributed by atoms with Gasteiger partial charge in [0.25, 0.3) is 5.95 Å². The van der Waals surface area contributed by atoms with E-state index in [2.05, 4.69) is 30.7 Å². The van der Waals surface area contributed by atoms with Crippen LogP contribution in [0.4, 0.5) is 10.5 Å². The molecule has 0 saturated carbocycles. The molecule has 0 aliphatic heterocycles. The van der Waals surface area contributed by atoms with Crippen molar-refractivity contribution >= 4 is 23.3 Å². The number of rotatable bonds is 4. The average molecular weight is 344 g/mol. The Labute approximate surface area is 142 Å². The molecule has 0 aliphatic rings. The lowest BCUT2D eigenvalue weighted by atomic mass is 10.3. The molecule has 0 bridgehead atoms. The zero-order chi connectivity index (χ0) is 16.9. The lowest BCUT2D eigenvalue weighted by molar-refractivity contribution is 0.248. The molecule has 0 fully saturated rings. The smallest absolute Gasteiger partial charge is 0.319 e. The normalized spacial score (nSPS) is 11.8. The van der Waals surface area contributed by atoms with Gasteiger partial charge in [0.1, 0.15) is 6.33 Å². The lowest BCUT2D eigenvalue weighted by Crippen LogP contribution is -2.32. The van der Waals surface area contributed by atoms with E-state index >= 15 is 0 Å². The van der Waals surface area contributed by atoms with Gasteiger partial charge in [0.2, 0.25) is 0 Å². The molecule has 122 valence electrons. The van der Waals surface area contributed by atoms with Crippen LogP contribution in [0.25, 0.3) is 5.95 Å². The second-order valence-electron chi connectivity index (χ2n) is 4.91. The van der Waals surface area contributed by atoms with Gasteiger partial charge in [0, 0.05) is 23.1 Å². The summed E-state index contributed by atoms with van der Waals surface area (Å²) in [6.07, 6.45) is 4.61. The number of hydrogen-bond acceptors (Lipinski definition) is 5. The fourth-order valence-corrected chi connectivity index (χ4v) is 2.19. The van der Waals surface area contributed by atoms with E-state index in [0.29, 0.717) is 22.5 Å². The Bertz CT molecular complexity index is 819. The molecule has 3 aromatic rings. The maximum absolute atomic E-state index is 12.1. The van der Waals surface area contributed by atoms with Gasteiger partial charge in [-0.2, -0.15) is 9.78 Å². The Morgan fingerprint density at radius 2 is 1.88 bits per heavy atom. The summed E-state index contributed by atoms with van der Waals surface area (Å²) in [6.45, 7) is 1.80. The van der Waals surface area contributed by atoms with Crippen LogP contribution in [0.2, 0.25) is 5.02 Å². The summed E-state index contributed by atoms with van der Waals surface area (Å²) in [5.74, 6) is 0.907. The summed E-state index contributed by atoms with van der Waals surface area (Å²) in [4.78, 5) is 24.5. The van der Waals surface area contributed by atoms with Crippen molar-refractivity contribution in [1.29, 1.82) is 0 Å². The number of hydrogen-bond donors (Lipinski definition) is 2. The first-order chi connectivity index (χ1) is 11.6. The van der Waals surface area contributed by atoms with Crippen molar-refractivity contribution in [3.05, 3.63) is 59.9 Å². The third-order valence-corrected chi connectivity index (χ3v) is 3.40. The number of nitrogens with one attached hydrogen (secondary N) is 2. The highest BCUT2D eigenvalue weighted by Crippen LogP contribution is 2.15. The number of aromatic nitrogens is 5. The number of halogens is 1. The van der Waals surface area contributed by atoms with Gasteiger partial charge in [-0.3, -0.25) is 0 Å². The van der Waals surface area contributed by atoms with Crippen LogP contribution < -0.4 is 10.6 Å². The summed E-state index contributed by atoms with van der Waals surface area (Å²) in [7, 11) is 0. The van der Waals surface area contributed by atoms with Gasteiger partial charge in [-0.05, 0) is 37.3 Å². The number of carbonyl (C=O) groups is 1. The molecule has 1 unspecified atom stereocenters. The SMILES string of the molecule is CC(NC(=O)Nc1ccc(Cl)cc1)c1ncnn1-c1ncccn1. The van der Waals surface area contributed by atoms with E-state index < -0.39 is 6.04 Å². The van der Waals surface area contributed by atoms with Crippen LogP contribution in [0.3, 0.4) is 0 Å². The number of anilines is 1. The second-order valence-corrected chi connectivity index (χ2v) is 5.34. The van der Waals surface area contributed by atoms with Crippen molar-refractivity contribution < 1.29 is 4.79 Å². The third-order valence-electron chi connectivity index (χ3n) is 3.15. The van der Waals surface area contributed by atoms with Gasteiger partial charge in [-0.1, -0.05) is 11.6 Å². The Morgan fingerprint density at radius 3 is 2.58 bits per heavy atom. The van der Waals surface area contributed by atoms with Gasteiger partial charge < -0.3 is 10.6 Å². The molecule has 1 atom stereocenters. The number of benzene rings is 1. The Balaban J connectivity index is 1.69. The highest BCUT2D eigenvalue weighted by Gasteiger charge is 2.17. The maximum Gasteiger partial charge on any atom is 0.319 e. The summed E-state index contributed by atoms with van der Waals surface area (Å²) in [6, 6.07) is 7.77. The van der Waals surface area contributed by atoms with E-state index in [-0.39, 0.29) is 6.03 Å².